The molecule has 25 heavy (non-hydrogen) atoms. The van der Waals surface area contributed by atoms with Crippen LogP contribution in [0.15, 0.2) is 12.1 Å². The number of hydrogen-bond acceptors (Lipinski definition) is 3. The van der Waals surface area contributed by atoms with Gasteiger partial charge in [0.05, 0.1) is 6.61 Å². The molecular weight excluding hydrogens is 314 g/mol. The van der Waals surface area contributed by atoms with Crippen LogP contribution in [0.4, 0.5) is 5.69 Å². The van der Waals surface area contributed by atoms with E-state index >= 15 is 0 Å². The average Bonchev–Trinajstić information content (AvgIpc) is 2.45. The SMILES string of the molecule is CCO[C@@](C)(CC(C)C)C(=O)Nc1cc(C)c(OCC(C)C)c(C)c1. The molecule has 1 N–H and O–H groups in total. The van der Waals surface area contributed by atoms with Crippen LogP contribution in [0.3, 0.4) is 0 Å². The Kier molecular flexibility index (Phi) is 7.94. The minimum absolute atomic E-state index is 0.0994. The van der Waals surface area contributed by atoms with Crippen LogP contribution in [0.25, 0.3) is 0 Å². The molecule has 0 fully saturated rings. The second-order valence-corrected chi connectivity index (χ2v) is 7.86. The molecule has 142 valence electrons. The second kappa shape index (κ2) is 9.23. The van der Waals surface area contributed by atoms with Crippen molar-refractivity contribution in [1.82, 2.24) is 0 Å². The Morgan fingerprint density at radius 1 is 1.12 bits per heavy atom. The number of ether oxygens (including phenoxy) is 2. The zero-order valence-electron chi connectivity index (χ0n) is 17.2. The van der Waals surface area contributed by atoms with Gasteiger partial charge in [0.15, 0.2) is 0 Å². The Hall–Kier alpha value is -1.55. The summed E-state index contributed by atoms with van der Waals surface area (Å²) in [6.07, 6.45) is 0.681. The van der Waals surface area contributed by atoms with Crippen LogP contribution >= 0.6 is 0 Å². The average molecular weight is 350 g/mol. The van der Waals surface area contributed by atoms with Gasteiger partial charge in [0.2, 0.25) is 0 Å². The first kappa shape index (κ1) is 21.5. The van der Waals surface area contributed by atoms with Gasteiger partial charge in [-0.2, -0.15) is 0 Å². The van der Waals surface area contributed by atoms with Gasteiger partial charge in [0, 0.05) is 12.3 Å². The summed E-state index contributed by atoms with van der Waals surface area (Å²) in [5, 5.41) is 3.03. The van der Waals surface area contributed by atoms with Crippen molar-refractivity contribution in [2.45, 2.75) is 67.4 Å². The van der Waals surface area contributed by atoms with E-state index in [1.807, 2.05) is 39.8 Å². The molecule has 0 saturated heterocycles. The van der Waals surface area contributed by atoms with Crippen LogP contribution in [0.5, 0.6) is 5.75 Å². The number of benzene rings is 1. The summed E-state index contributed by atoms with van der Waals surface area (Å²) in [5.74, 6) is 1.65. The molecule has 1 rings (SSSR count). The van der Waals surface area contributed by atoms with Crippen molar-refractivity contribution in [3.05, 3.63) is 23.3 Å². The van der Waals surface area contributed by atoms with Gasteiger partial charge in [-0.1, -0.05) is 27.7 Å². The molecule has 0 aromatic heterocycles. The van der Waals surface area contributed by atoms with E-state index in [9.17, 15) is 4.79 Å². The number of hydrogen-bond donors (Lipinski definition) is 1. The van der Waals surface area contributed by atoms with Crippen LogP contribution < -0.4 is 10.1 Å². The molecule has 1 amide bonds. The summed E-state index contributed by atoms with van der Waals surface area (Å²) in [6.45, 7) is 17.4. The van der Waals surface area contributed by atoms with E-state index in [4.69, 9.17) is 9.47 Å². The van der Waals surface area contributed by atoms with Gasteiger partial charge < -0.3 is 14.8 Å². The van der Waals surface area contributed by atoms with Crippen molar-refractivity contribution < 1.29 is 14.3 Å². The molecule has 0 aliphatic rings. The highest BCUT2D eigenvalue weighted by atomic mass is 16.5. The zero-order chi connectivity index (χ0) is 19.2. The number of carbonyl (C=O) groups excluding carboxylic acids is 1. The monoisotopic (exact) mass is 349 g/mol. The third-order valence-corrected chi connectivity index (χ3v) is 4.02. The second-order valence-electron chi connectivity index (χ2n) is 7.86. The number of amides is 1. The molecule has 0 unspecified atom stereocenters. The quantitative estimate of drug-likeness (QED) is 0.673. The normalized spacial score (nSPS) is 13.8. The molecule has 0 aliphatic heterocycles. The molecule has 0 aliphatic carbocycles. The van der Waals surface area contributed by atoms with Crippen molar-refractivity contribution in [2.24, 2.45) is 11.8 Å². The number of anilines is 1. The van der Waals surface area contributed by atoms with E-state index in [0.717, 1.165) is 22.6 Å². The van der Waals surface area contributed by atoms with Gasteiger partial charge in [-0.05, 0) is 69.2 Å². The number of nitrogens with one attached hydrogen (secondary N) is 1. The van der Waals surface area contributed by atoms with Gasteiger partial charge in [0.25, 0.3) is 5.91 Å². The zero-order valence-corrected chi connectivity index (χ0v) is 17.2. The molecule has 4 heteroatoms. The van der Waals surface area contributed by atoms with E-state index in [2.05, 4.69) is 33.0 Å². The largest absolute Gasteiger partial charge is 0.493 e. The smallest absolute Gasteiger partial charge is 0.256 e. The lowest BCUT2D eigenvalue weighted by Gasteiger charge is -2.30. The predicted octanol–water partition coefficient (Wildman–Crippen LogP) is 5.12. The minimum Gasteiger partial charge on any atom is -0.493 e. The Balaban J connectivity index is 2.96. The highest BCUT2D eigenvalue weighted by molar-refractivity contribution is 5.97. The lowest BCUT2D eigenvalue weighted by molar-refractivity contribution is -0.140. The Bertz CT molecular complexity index is 557. The maximum Gasteiger partial charge on any atom is 0.256 e. The van der Waals surface area contributed by atoms with Gasteiger partial charge in [-0.3, -0.25) is 4.79 Å². The summed E-state index contributed by atoms with van der Waals surface area (Å²) in [5.41, 5.74) is 2.01. The molecule has 0 radical (unpaired) electrons. The van der Waals surface area contributed by atoms with Crippen molar-refractivity contribution >= 4 is 11.6 Å². The summed E-state index contributed by atoms with van der Waals surface area (Å²) in [7, 11) is 0. The van der Waals surface area contributed by atoms with E-state index in [0.29, 0.717) is 31.5 Å². The topological polar surface area (TPSA) is 47.6 Å². The van der Waals surface area contributed by atoms with E-state index in [-0.39, 0.29) is 5.91 Å². The predicted molar refractivity (Wildman–Crippen MR) is 104 cm³/mol. The molecule has 1 atom stereocenters. The number of carbonyl (C=O) groups is 1. The van der Waals surface area contributed by atoms with Crippen molar-refractivity contribution in [3.8, 4) is 5.75 Å². The Morgan fingerprint density at radius 3 is 2.12 bits per heavy atom. The van der Waals surface area contributed by atoms with Crippen LogP contribution in [0, 0.1) is 25.7 Å². The van der Waals surface area contributed by atoms with E-state index in [1.165, 1.54) is 0 Å². The van der Waals surface area contributed by atoms with Crippen LogP contribution in [0.2, 0.25) is 0 Å². The molecular formula is C21H35NO3. The highest BCUT2D eigenvalue weighted by Crippen LogP contribution is 2.29. The highest BCUT2D eigenvalue weighted by Gasteiger charge is 2.34. The minimum atomic E-state index is -0.822. The fraction of sp³-hybridized carbons (Fsp3) is 0.667. The fourth-order valence-corrected chi connectivity index (χ4v) is 3.08. The van der Waals surface area contributed by atoms with Gasteiger partial charge in [-0.25, -0.2) is 0 Å². The van der Waals surface area contributed by atoms with Crippen molar-refractivity contribution in [1.29, 1.82) is 0 Å². The van der Waals surface area contributed by atoms with Crippen LogP contribution in [0.1, 0.15) is 59.1 Å². The van der Waals surface area contributed by atoms with Crippen LogP contribution in [-0.2, 0) is 9.53 Å². The molecule has 1 aromatic carbocycles. The lowest BCUT2D eigenvalue weighted by Crippen LogP contribution is -2.44. The number of aryl methyl sites for hydroxylation is 2. The Labute approximate surface area is 153 Å². The number of rotatable bonds is 9. The maximum atomic E-state index is 12.8. The fourth-order valence-electron chi connectivity index (χ4n) is 3.08. The first-order valence-electron chi connectivity index (χ1n) is 9.28. The first-order valence-corrected chi connectivity index (χ1v) is 9.28. The molecule has 0 bridgehead atoms. The third kappa shape index (κ3) is 6.35. The summed E-state index contributed by atoms with van der Waals surface area (Å²) in [6, 6.07) is 3.92. The van der Waals surface area contributed by atoms with Crippen LogP contribution in [-0.4, -0.2) is 24.7 Å². The lowest BCUT2D eigenvalue weighted by atomic mass is 9.93. The Morgan fingerprint density at radius 2 is 1.68 bits per heavy atom. The molecule has 0 heterocycles. The molecule has 1 aromatic rings. The van der Waals surface area contributed by atoms with Crippen molar-refractivity contribution in [2.75, 3.05) is 18.5 Å². The first-order chi connectivity index (χ1) is 11.6. The van der Waals surface area contributed by atoms with Gasteiger partial charge >= 0.3 is 0 Å². The molecule has 4 nitrogen and oxygen atoms in total. The molecule has 0 saturated carbocycles. The maximum absolute atomic E-state index is 12.8. The van der Waals surface area contributed by atoms with Crippen molar-refractivity contribution in [3.63, 3.8) is 0 Å². The standard InChI is InChI=1S/C21H35NO3/c1-9-25-21(8,12-14(2)3)20(23)22-18-10-16(6)19(17(7)11-18)24-13-15(4)5/h10-11,14-15H,9,12-13H2,1-8H3,(H,22,23)/t21-/m0/s1. The van der Waals surface area contributed by atoms with Gasteiger partial charge in [0.1, 0.15) is 11.4 Å². The van der Waals surface area contributed by atoms with E-state index < -0.39 is 5.60 Å². The van der Waals surface area contributed by atoms with Gasteiger partial charge in [-0.15, -0.1) is 0 Å². The summed E-state index contributed by atoms with van der Waals surface area (Å²) >= 11 is 0. The summed E-state index contributed by atoms with van der Waals surface area (Å²) < 4.78 is 11.7. The van der Waals surface area contributed by atoms with E-state index in [1.54, 1.807) is 0 Å². The summed E-state index contributed by atoms with van der Waals surface area (Å²) in [4.78, 5) is 12.8. The third-order valence-electron chi connectivity index (χ3n) is 4.02. The molecule has 0 spiro atoms.